The Morgan fingerprint density at radius 2 is 1.84 bits per heavy atom. The van der Waals surface area contributed by atoms with Gasteiger partial charge in [0.25, 0.3) is 5.91 Å². The highest BCUT2D eigenvalue weighted by Crippen LogP contribution is 2.28. The molecule has 10 heteroatoms. The molecule has 1 fully saturated rings. The Balaban J connectivity index is 1.41. The Morgan fingerprint density at radius 3 is 2.47 bits per heavy atom. The lowest BCUT2D eigenvalue weighted by Crippen LogP contribution is -2.48. The summed E-state index contributed by atoms with van der Waals surface area (Å²) >= 11 is 0. The number of aliphatic carboxylic acids is 1. The predicted octanol–water partition coefficient (Wildman–Crippen LogP) is 4.88. The summed E-state index contributed by atoms with van der Waals surface area (Å²) in [4.78, 5) is 36.5. The van der Waals surface area contributed by atoms with Gasteiger partial charge in [-0.1, -0.05) is 12.1 Å². The van der Waals surface area contributed by atoms with Crippen molar-refractivity contribution in [2.75, 3.05) is 24.5 Å². The van der Waals surface area contributed by atoms with Crippen molar-refractivity contribution in [2.45, 2.75) is 58.7 Å². The van der Waals surface area contributed by atoms with E-state index in [2.05, 4.69) is 38.1 Å². The third kappa shape index (κ3) is 8.23. The monoisotopic (exact) mass is 584 g/mol. The maximum atomic E-state index is 14.8. The van der Waals surface area contributed by atoms with Gasteiger partial charge in [-0.05, 0) is 82.0 Å². The van der Waals surface area contributed by atoms with E-state index in [0.717, 1.165) is 49.7 Å². The fraction of sp³-hybridized carbons (Fsp3) is 0.364. The molecule has 2 heterocycles. The number of aryl methyl sites for hydroxylation is 2. The summed E-state index contributed by atoms with van der Waals surface area (Å²) in [6.07, 6.45) is 6.60. The number of halogens is 1. The van der Waals surface area contributed by atoms with Crippen LogP contribution < -0.4 is 10.2 Å². The minimum Gasteiger partial charge on any atom is -0.478 e. The molecule has 0 radical (unpaired) electrons. The van der Waals surface area contributed by atoms with Gasteiger partial charge < -0.3 is 20.2 Å². The quantitative estimate of drug-likeness (QED) is 0.306. The van der Waals surface area contributed by atoms with Crippen molar-refractivity contribution in [3.8, 4) is 6.07 Å². The molecule has 2 aromatic carbocycles. The standard InChI is InChI=1S/C33H37FN6O3/c1-22(12-15-36-33(43)32-23(2)37-21-38-24(32)3)39-16-13-29(14-17-39)40(20-27-18-26(19-35)6-10-30(27)34)28-8-4-25(5-9-28)7-11-31(41)42/h4-11,18,21-22,29H,12-17,20H2,1-3H3,(H,36,43)(H,41,42). The fourth-order valence-electron chi connectivity index (χ4n) is 5.55. The van der Waals surface area contributed by atoms with Crippen LogP contribution in [-0.4, -0.2) is 63.6 Å². The highest BCUT2D eigenvalue weighted by Gasteiger charge is 2.28. The topological polar surface area (TPSA) is 122 Å². The van der Waals surface area contributed by atoms with E-state index >= 15 is 0 Å². The molecule has 1 amide bonds. The molecule has 0 saturated carbocycles. The molecule has 43 heavy (non-hydrogen) atoms. The lowest BCUT2D eigenvalue weighted by atomic mass is 9.98. The number of amides is 1. The van der Waals surface area contributed by atoms with Crippen LogP contribution in [0.5, 0.6) is 0 Å². The number of nitriles is 1. The van der Waals surface area contributed by atoms with Crippen LogP contribution in [-0.2, 0) is 11.3 Å². The molecule has 0 spiro atoms. The van der Waals surface area contributed by atoms with E-state index in [1.807, 2.05) is 24.3 Å². The van der Waals surface area contributed by atoms with Crippen LogP contribution in [0.1, 0.15) is 64.6 Å². The number of rotatable bonds is 11. The Hall–Kier alpha value is -4.62. The largest absolute Gasteiger partial charge is 0.478 e. The molecule has 4 rings (SSSR count). The van der Waals surface area contributed by atoms with Gasteiger partial charge in [0.05, 0.1) is 28.6 Å². The second kappa shape index (κ2) is 14.5. The lowest BCUT2D eigenvalue weighted by Gasteiger charge is -2.42. The van der Waals surface area contributed by atoms with E-state index in [4.69, 9.17) is 5.11 Å². The zero-order valence-corrected chi connectivity index (χ0v) is 24.8. The van der Waals surface area contributed by atoms with Crippen LogP contribution in [0.3, 0.4) is 0 Å². The molecule has 0 bridgehead atoms. The lowest BCUT2D eigenvalue weighted by molar-refractivity contribution is -0.131. The summed E-state index contributed by atoms with van der Waals surface area (Å²) in [5.74, 6) is -1.53. The second-order valence-electron chi connectivity index (χ2n) is 10.9. The fourth-order valence-corrected chi connectivity index (χ4v) is 5.55. The minimum absolute atomic E-state index is 0.137. The van der Waals surface area contributed by atoms with Gasteiger partial charge in [0, 0.05) is 55.6 Å². The van der Waals surface area contributed by atoms with Crippen LogP contribution >= 0.6 is 0 Å². The second-order valence-corrected chi connectivity index (χ2v) is 10.9. The minimum atomic E-state index is -1.02. The molecule has 1 aromatic heterocycles. The van der Waals surface area contributed by atoms with E-state index < -0.39 is 5.97 Å². The number of carboxylic acid groups (broad SMARTS) is 1. The summed E-state index contributed by atoms with van der Waals surface area (Å²) in [5, 5.41) is 21.3. The number of anilines is 1. The van der Waals surface area contributed by atoms with Crippen LogP contribution in [0.25, 0.3) is 6.08 Å². The molecule has 1 aliphatic heterocycles. The molecule has 1 aliphatic rings. The Morgan fingerprint density at radius 1 is 1.16 bits per heavy atom. The summed E-state index contributed by atoms with van der Waals surface area (Å²) < 4.78 is 14.8. The van der Waals surface area contributed by atoms with Crippen molar-refractivity contribution in [3.63, 3.8) is 0 Å². The molecule has 0 aliphatic carbocycles. The summed E-state index contributed by atoms with van der Waals surface area (Å²) in [6.45, 7) is 8.32. The molecular weight excluding hydrogens is 547 g/mol. The van der Waals surface area contributed by atoms with Gasteiger partial charge in [0.1, 0.15) is 12.1 Å². The highest BCUT2D eigenvalue weighted by molar-refractivity contribution is 5.96. The van der Waals surface area contributed by atoms with E-state index in [9.17, 15) is 19.2 Å². The summed E-state index contributed by atoms with van der Waals surface area (Å²) in [5.41, 5.74) is 4.37. The molecule has 9 nitrogen and oxygen atoms in total. The first-order valence-corrected chi connectivity index (χ1v) is 14.4. The number of benzene rings is 2. The molecule has 2 N–H and O–H groups in total. The number of nitrogens with zero attached hydrogens (tertiary/aromatic N) is 5. The van der Waals surface area contributed by atoms with Gasteiger partial charge >= 0.3 is 5.97 Å². The number of carboxylic acids is 1. The van der Waals surface area contributed by atoms with Crippen LogP contribution in [0, 0.1) is 31.0 Å². The van der Waals surface area contributed by atoms with Crippen LogP contribution in [0.2, 0.25) is 0 Å². The van der Waals surface area contributed by atoms with Crippen LogP contribution in [0.15, 0.2) is 54.9 Å². The Kier molecular flexibility index (Phi) is 10.6. The molecule has 1 atom stereocenters. The number of hydrogen-bond acceptors (Lipinski definition) is 7. The predicted molar refractivity (Wildman–Crippen MR) is 163 cm³/mol. The number of hydrogen-bond donors (Lipinski definition) is 2. The molecule has 1 saturated heterocycles. The third-order valence-electron chi connectivity index (χ3n) is 8.02. The maximum absolute atomic E-state index is 14.8. The zero-order valence-electron chi connectivity index (χ0n) is 24.8. The van der Waals surface area contributed by atoms with Crippen LogP contribution in [0.4, 0.5) is 10.1 Å². The molecule has 3 aromatic rings. The third-order valence-corrected chi connectivity index (χ3v) is 8.02. The summed E-state index contributed by atoms with van der Waals surface area (Å²) in [6, 6.07) is 14.4. The molecule has 224 valence electrons. The number of carbonyl (C=O) groups excluding carboxylic acids is 1. The number of nitrogens with one attached hydrogen (secondary N) is 1. The van der Waals surface area contributed by atoms with Crippen molar-refractivity contribution >= 4 is 23.6 Å². The SMILES string of the molecule is Cc1ncnc(C)c1C(=O)NCCC(C)N1CCC(N(Cc2cc(C#N)ccc2F)c2ccc(C=CC(=O)O)cc2)CC1. The van der Waals surface area contributed by atoms with Gasteiger partial charge in [0.2, 0.25) is 0 Å². The Bertz CT molecular complexity index is 1490. The first kappa shape index (κ1) is 31.3. The van der Waals surface area contributed by atoms with Crippen molar-refractivity contribution in [2.24, 2.45) is 0 Å². The van der Waals surface area contributed by atoms with Crippen molar-refractivity contribution < 1.29 is 19.1 Å². The number of carbonyl (C=O) groups is 2. The Labute approximate surface area is 251 Å². The zero-order chi connectivity index (χ0) is 30.9. The van der Waals surface area contributed by atoms with E-state index in [-0.39, 0.29) is 23.8 Å². The van der Waals surface area contributed by atoms with E-state index in [1.54, 1.807) is 19.9 Å². The number of likely N-dealkylation sites (tertiary alicyclic amines) is 1. The van der Waals surface area contributed by atoms with Gasteiger partial charge in [-0.3, -0.25) is 4.79 Å². The van der Waals surface area contributed by atoms with E-state index in [0.29, 0.717) is 41.2 Å². The normalized spacial score (nSPS) is 14.8. The highest BCUT2D eigenvalue weighted by atomic mass is 19.1. The smallest absolute Gasteiger partial charge is 0.328 e. The number of aromatic nitrogens is 2. The number of piperidine rings is 1. The van der Waals surface area contributed by atoms with Gasteiger partial charge in [0.15, 0.2) is 0 Å². The van der Waals surface area contributed by atoms with E-state index in [1.165, 1.54) is 24.5 Å². The average molecular weight is 585 g/mol. The van der Waals surface area contributed by atoms with Crippen molar-refractivity contribution in [1.29, 1.82) is 5.26 Å². The maximum Gasteiger partial charge on any atom is 0.328 e. The first-order valence-electron chi connectivity index (χ1n) is 14.4. The van der Waals surface area contributed by atoms with Gasteiger partial charge in [-0.25, -0.2) is 19.2 Å². The van der Waals surface area contributed by atoms with Gasteiger partial charge in [-0.2, -0.15) is 5.26 Å². The van der Waals surface area contributed by atoms with Crippen molar-refractivity contribution in [3.05, 3.63) is 94.3 Å². The summed E-state index contributed by atoms with van der Waals surface area (Å²) in [7, 11) is 0. The molecular formula is C33H37FN6O3. The molecule has 1 unspecified atom stereocenters. The first-order chi connectivity index (χ1) is 20.7. The average Bonchev–Trinajstić information content (AvgIpc) is 3.00. The van der Waals surface area contributed by atoms with Gasteiger partial charge in [-0.15, -0.1) is 0 Å². The van der Waals surface area contributed by atoms with Crippen molar-refractivity contribution in [1.82, 2.24) is 20.2 Å².